The Balaban J connectivity index is 0. The van der Waals surface area contributed by atoms with Crippen molar-refractivity contribution >= 4 is 17.7 Å². The van der Waals surface area contributed by atoms with E-state index in [1.165, 1.54) is 0 Å². The molecule has 0 bridgehead atoms. The van der Waals surface area contributed by atoms with Gasteiger partial charge in [0.2, 0.25) is 0 Å². The van der Waals surface area contributed by atoms with Crippen LogP contribution in [0, 0.1) is 0 Å². The first-order valence-electron chi connectivity index (χ1n) is 1.54. The van der Waals surface area contributed by atoms with E-state index in [-0.39, 0.29) is 29.6 Å². The van der Waals surface area contributed by atoms with Gasteiger partial charge >= 0.3 is 35.5 Å². The molecule has 0 radical (unpaired) electrons. The van der Waals surface area contributed by atoms with Crippen molar-refractivity contribution in [2.45, 2.75) is 0 Å². The maximum absolute atomic E-state index is 9.58. The van der Waals surface area contributed by atoms with Crippen LogP contribution in [0.2, 0.25) is 0 Å². The number of rotatable bonds is 2. The summed E-state index contributed by atoms with van der Waals surface area (Å²) in [6.07, 6.45) is 0. The maximum atomic E-state index is 9.58. The van der Waals surface area contributed by atoms with Gasteiger partial charge in [-0.2, -0.15) is 0 Å². The van der Waals surface area contributed by atoms with E-state index in [1.54, 1.807) is 0 Å². The number of carboxylic acid groups (broad SMARTS) is 2. The predicted molar refractivity (Wildman–Crippen MR) is 17.6 cm³/mol. The van der Waals surface area contributed by atoms with Gasteiger partial charge in [-0.15, -0.1) is 0 Å². The van der Waals surface area contributed by atoms with E-state index >= 15 is 0 Å². The Morgan fingerprint density at radius 2 is 1.56 bits per heavy atom. The smallest absolute Gasteiger partial charge is 0.541 e. The van der Waals surface area contributed by atoms with Gasteiger partial charge in [0.1, 0.15) is 5.97 Å². The quantitative estimate of drug-likeness (QED) is 0.234. The van der Waals surface area contributed by atoms with Crippen LogP contribution >= 0.6 is 0 Å². The first-order chi connectivity index (χ1) is 3.55. The second-order valence-electron chi connectivity index (χ2n) is 0.922. The fourth-order valence-electron chi connectivity index (χ4n) is 0.0873. The van der Waals surface area contributed by atoms with E-state index in [4.69, 9.17) is 5.11 Å². The minimum atomic E-state index is -2.20. The molecule has 0 aromatic carbocycles. The van der Waals surface area contributed by atoms with Crippen molar-refractivity contribution < 1.29 is 54.2 Å². The monoisotopic (exact) mass is 140 g/mol. The number of aliphatic carboxylic acids is 2. The molecule has 0 spiro atoms. The van der Waals surface area contributed by atoms with Crippen molar-refractivity contribution in [3.05, 3.63) is 0 Å². The second-order valence-corrected chi connectivity index (χ2v) is 0.922. The molecule has 1 N–H and O–H groups in total. The third-order valence-corrected chi connectivity index (χ3v) is 0.380. The standard InChI is InChI=1S/C3H2O5.Na/c4-1(2(5)6)3(7)8;/h(H,5,6)(H,7,8);/q;+1/p-1. The van der Waals surface area contributed by atoms with Crippen LogP contribution in [0.4, 0.5) is 0 Å². The molecule has 0 fully saturated rings. The molecule has 6 heteroatoms. The Morgan fingerprint density at radius 3 is 1.56 bits per heavy atom. The van der Waals surface area contributed by atoms with E-state index in [1.807, 2.05) is 0 Å². The third kappa shape index (κ3) is 4.14. The largest absolute Gasteiger partial charge is 1.00 e. The molecular weight excluding hydrogens is 139 g/mol. The normalized spacial score (nSPS) is 7.11. The average molecular weight is 140 g/mol. The summed E-state index contributed by atoms with van der Waals surface area (Å²) in [4.78, 5) is 28.3. The molecule has 0 aliphatic carbocycles. The zero-order valence-electron chi connectivity index (χ0n) is 4.58. The molecule has 0 saturated heterocycles. The SMILES string of the molecule is O=C([O-])C(=O)C(=O)O.[Na+]. The van der Waals surface area contributed by atoms with Crippen LogP contribution in [0.15, 0.2) is 0 Å². The van der Waals surface area contributed by atoms with Gasteiger partial charge in [0.15, 0.2) is 0 Å². The number of ketones is 1. The van der Waals surface area contributed by atoms with Crippen molar-refractivity contribution in [3.63, 3.8) is 0 Å². The molecule has 5 nitrogen and oxygen atoms in total. The number of hydrogen-bond donors (Lipinski definition) is 1. The summed E-state index contributed by atoms with van der Waals surface area (Å²) < 4.78 is 0. The van der Waals surface area contributed by atoms with Gasteiger partial charge in [-0.05, 0) is 0 Å². The summed E-state index contributed by atoms with van der Waals surface area (Å²) in [5.74, 6) is -6.13. The number of carbonyl (C=O) groups excluding carboxylic acids is 2. The van der Waals surface area contributed by atoms with Gasteiger partial charge in [-0.3, -0.25) is 4.79 Å². The molecule has 0 amide bonds. The van der Waals surface area contributed by atoms with Crippen molar-refractivity contribution in [1.29, 1.82) is 0 Å². The fraction of sp³-hybridized carbons (Fsp3) is 0. The fourth-order valence-corrected chi connectivity index (χ4v) is 0.0873. The molecule has 0 atom stereocenters. The second kappa shape index (κ2) is 4.49. The van der Waals surface area contributed by atoms with E-state index in [0.29, 0.717) is 0 Å². The Bertz CT molecular complexity index is 134. The third-order valence-electron chi connectivity index (χ3n) is 0.380. The van der Waals surface area contributed by atoms with E-state index in [9.17, 15) is 19.5 Å². The Labute approximate surface area is 72.0 Å². The van der Waals surface area contributed by atoms with Gasteiger partial charge in [0.05, 0.1) is 0 Å². The molecule has 9 heavy (non-hydrogen) atoms. The van der Waals surface area contributed by atoms with Crippen molar-refractivity contribution in [3.8, 4) is 0 Å². The van der Waals surface area contributed by atoms with Gasteiger partial charge in [-0.1, -0.05) is 0 Å². The first kappa shape index (κ1) is 11.4. The van der Waals surface area contributed by atoms with Gasteiger partial charge in [0, 0.05) is 0 Å². The predicted octanol–water partition coefficient (Wildman–Crippen LogP) is -5.61. The minimum Gasteiger partial charge on any atom is -0.541 e. The molecule has 0 aromatic heterocycles. The number of carbonyl (C=O) groups is 3. The van der Waals surface area contributed by atoms with E-state index < -0.39 is 17.7 Å². The summed E-state index contributed by atoms with van der Waals surface area (Å²) in [6, 6.07) is 0. The summed E-state index contributed by atoms with van der Waals surface area (Å²) in [6.45, 7) is 0. The Hall–Kier alpha value is -0.390. The van der Waals surface area contributed by atoms with E-state index in [0.717, 1.165) is 0 Å². The molecule has 0 aliphatic rings. The van der Waals surface area contributed by atoms with Crippen molar-refractivity contribution in [2.75, 3.05) is 0 Å². The van der Waals surface area contributed by atoms with Crippen LogP contribution in [0.5, 0.6) is 0 Å². The van der Waals surface area contributed by atoms with Crippen LogP contribution in [0.25, 0.3) is 0 Å². The first-order valence-corrected chi connectivity index (χ1v) is 1.54. The van der Waals surface area contributed by atoms with Gasteiger partial charge in [0.25, 0.3) is 5.78 Å². The maximum Gasteiger partial charge on any atom is 1.00 e. The average Bonchev–Trinajstić information content (AvgIpc) is 1.64. The molecule has 0 heterocycles. The topological polar surface area (TPSA) is 94.5 Å². The van der Waals surface area contributed by atoms with Crippen LogP contribution in [-0.4, -0.2) is 22.8 Å². The van der Waals surface area contributed by atoms with Crippen LogP contribution < -0.4 is 34.7 Å². The molecule has 44 valence electrons. The van der Waals surface area contributed by atoms with E-state index in [2.05, 4.69) is 0 Å². The van der Waals surface area contributed by atoms with Gasteiger partial charge in [-0.25, -0.2) is 4.79 Å². The number of hydrogen-bond acceptors (Lipinski definition) is 4. The van der Waals surface area contributed by atoms with Gasteiger partial charge < -0.3 is 15.0 Å². The van der Waals surface area contributed by atoms with Crippen LogP contribution in [-0.2, 0) is 14.4 Å². The molecule has 0 saturated carbocycles. The summed E-state index contributed by atoms with van der Waals surface area (Å²) in [7, 11) is 0. The summed E-state index contributed by atoms with van der Waals surface area (Å²) in [5.41, 5.74) is 0. The number of Topliss-reactive ketones (excluding diaryl/α,β-unsaturated/α-hetero) is 1. The summed E-state index contributed by atoms with van der Waals surface area (Å²) in [5, 5.41) is 16.9. The molecule has 0 aliphatic heterocycles. The minimum absolute atomic E-state index is 0. The molecule has 0 aromatic rings. The Morgan fingerprint density at radius 1 is 1.22 bits per heavy atom. The van der Waals surface area contributed by atoms with Crippen molar-refractivity contribution in [1.82, 2.24) is 0 Å². The molecular formula is C3HNaO5. The molecule has 0 rings (SSSR count). The Kier molecular flexibility index (Phi) is 5.69. The van der Waals surface area contributed by atoms with Crippen LogP contribution in [0.3, 0.4) is 0 Å². The van der Waals surface area contributed by atoms with Crippen molar-refractivity contribution in [2.24, 2.45) is 0 Å². The zero-order valence-corrected chi connectivity index (χ0v) is 6.58. The zero-order chi connectivity index (χ0) is 6.73. The van der Waals surface area contributed by atoms with Crippen LogP contribution in [0.1, 0.15) is 0 Å². The molecule has 0 unspecified atom stereocenters. The number of carboxylic acids is 2. The summed E-state index contributed by atoms with van der Waals surface area (Å²) >= 11 is 0.